The van der Waals surface area contributed by atoms with Crippen molar-refractivity contribution in [3.63, 3.8) is 0 Å². The van der Waals surface area contributed by atoms with E-state index in [1.54, 1.807) is 0 Å². The van der Waals surface area contributed by atoms with Gasteiger partial charge in [-0.2, -0.15) is 0 Å². The molecule has 0 spiro atoms. The maximum Gasteiger partial charge on any atom is 0.0586 e. The van der Waals surface area contributed by atoms with Crippen molar-refractivity contribution in [3.05, 3.63) is 12.7 Å². The lowest BCUT2D eigenvalue weighted by molar-refractivity contribution is 0.0470. The Bertz CT molecular complexity index is 221. The van der Waals surface area contributed by atoms with E-state index >= 15 is 0 Å². The average Bonchev–Trinajstić information content (AvgIpc) is 2.41. The number of rotatable bonds is 8. The van der Waals surface area contributed by atoms with E-state index in [1.165, 1.54) is 12.8 Å². The summed E-state index contributed by atoms with van der Waals surface area (Å²) in [4.78, 5) is 5.02. The van der Waals surface area contributed by atoms with Crippen molar-refractivity contribution >= 4 is 0 Å². The third kappa shape index (κ3) is 4.71. The molecule has 2 unspecified atom stereocenters. The Hall–Kier alpha value is -0.380. The highest BCUT2D eigenvalue weighted by molar-refractivity contribution is 4.80. The number of hydrogen-bond donors (Lipinski definition) is 1. The van der Waals surface area contributed by atoms with Gasteiger partial charge in [0.2, 0.25) is 0 Å². The molecule has 18 heavy (non-hydrogen) atoms. The Morgan fingerprint density at radius 2 is 1.83 bits per heavy atom. The SMILES string of the molecule is C=CCCCC(C)N1CCN(C(CC)CO)CC1. The second-order valence-electron chi connectivity index (χ2n) is 5.39. The Labute approximate surface area is 112 Å². The van der Waals surface area contributed by atoms with Crippen LogP contribution in [0.2, 0.25) is 0 Å². The highest BCUT2D eigenvalue weighted by Crippen LogP contribution is 2.14. The second-order valence-corrected chi connectivity index (χ2v) is 5.39. The molecule has 2 atom stereocenters. The molecule has 1 rings (SSSR count). The molecule has 0 radical (unpaired) electrons. The zero-order valence-electron chi connectivity index (χ0n) is 12.1. The van der Waals surface area contributed by atoms with Gasteiger partial charge >= 0.3 is 0 Å². The zero-order valence-corrected chi connectivity index (χ0v) is 12.1. The lowest BCUT2D eigenvalue weighted by Crippen LogP contribution is -2.53. The minimum atomic E-state index is 0.297. The lowest BCUT2D eigenvalue weighted by Gasteiger charge is -2.41. The summed E-state index contributed by atoms with van der Waals surface area (Å²) in [5.41, 5.74) is 0. The molecule has 0 aliphatic carbocycles. The van der Waals surface area contributed by atoms with Gasteiger partial charge < -0.3 is 5.11 Å². The van der Waals surface area contributed by atoms with E-state index in [0.717, 1.165) is 39.0 Å². The molecule has 3 heteroatoms. The van der Waals surface area contributed by atoms with Crippen LogP contribution in [0.15, 0.2) is 12.7 Å². The van der Waals surface area contributed by atoms with Gasteiger partial charge in [0.25, 0.3) is 0 Å². The number of hydrogen-bond acceptors (Lipinski definition) is 3. The first-order chi connectivity index (χ1) is 8.72. The van der Waals surface area contributed by atoms with E-state index in [0.29, 0.717) is 18.7 Å². The van der Waals surface area contributed by atoms with E-state index in [1.807, 2.05) is 6.08 Å². The highest BCUT2D eigenvalue weighted by Gasteiger charge is 2.24. The molecule has 106 valence electrons. The van der Waals surface area contributed by atoms with Crippen molar-refractivity contribution in [1.82, 2.24) is 9.80 Å². The molecule has 1 heterocycles. The van der Waals surface area contributed by atoms with Crippen molar-refractivity contribution in [2.24, 2.45) is 0 Å². The van der Waals surface area contributed by atoms with Crippen LogP contribution in [0, 0.1) is 0 Å². The van der Waals surface area contributed by atoms with E-state index in [4.69, 9.17) is 0 Å². The highest BCUT2D eigenvalue weighted by atomic mass is 16.3. The van der Waals surface area contributed by atoms with Gasteiger partial charge in [-0.15, -0.1) is 6.58 Å². The molecule has 0 saturated carbocycles. The standard InChI is InChI=1S/C15H30N2O/c1-4-6-7-8-14(3)16-9-11-17(12-10-16)15(5-2)13-18/h4,14-15,18H,1,5-13H2,2-3H3. The number of allylic oxidation sites excluding steroid dienone is 1. The summed E-state index contributed by atoms with van der Waals surface area (Å²) in [6, 6.07) is 1.05. The van der Waals surface area contributed by atoms with Crippen LogP contribution < -0.4 is 0 Å². The van der Waals surface area contributed by atoms with Crippen molar-refractivity contribution in [1.29, 1.82) is 0 Å². The van der Waals surface area contributed by atoms with Gasteiger partial charge in [0.05, 0.1) is 6.61 Å². The third-order valence-electron chi connectivity index (χ3n) is 4.20. The summed E-state index contributed by atoms with van der Waals surface area (Å²) in [5.74, 6) is 0. The minimum Gasteiger partial charge on any atom is -0.395 e. The molecule has 0 aromatic carbocycles. The van der Waals surface area contributed by atoms with Crippen molar-refractivity contribution in [2.75, 3.05) is 32.8 Å². The monoisotopic (exact) mass is 254 g/mol. The Morgan fingerprint density at radius 3 is 2.33 bits per heavy atom. The predicted octanol–water partition coefficient (Wildman–Crippen LogP) is 2.12. The summed E-state index contributed by atoms with van der Waals surface area (Å²) >= 11 is 0. The average molecular weight is 254 g/mol. The maximum atomic E-state index is 9.33. The number of aliphatic hydroxyl groups excluding tert-OH is 1. The van der Waals surface area contributed by atoms with Crippen LogP contribution in [-0.2, 0) is 0 Å². The topological polar surface area (TPSA) is 26.7 Å². The van der Waals surface area contributed by atoms with Crippen molar-refractivity contribution < 1.29 is 5.11 Å². The number of nitrogens with zero attached hydrogens (tertiary/aromatic N) is 2. The molecule has 3 nitrogen and oxygen atoms in total. The van der Waals surface area contributed by atoms with Crippen LogP contribution in [0.4, 0.5) is 0 Å². The fourth-order valence-corrected chi connectivity index (χ4v) is 2.79. The second kappa shape index (κ2) is 8.68. The molecular formula is C15H30N2O. The molecule has 0 aromatic rings. The van der Waals surface area contributed by atoms with Gasteiger partial charge in [0.15, 0.2) is 0 Å². The number of piperazine rings is 1. The first-order valence-corrected chi connectivity index (χ1v) is 7.42. The molecule has 1 aliphatic heterocycles. The summed E-state index contributed by atoms with van der Waals surface area (Å²) in [6.45, 7) is 13.1. The van der Waals surface area contributed by atoms with Crippen molar-refractivity contribution in [3.8, 4) is 0 Å². The van der Waals surface area contributed by atoms with E-state index in [-0.39, 0.29) is 0 Å². The number of aliphatic hydroxyl groups is 1. The van der Waals surface area contributed by atoms with Gasteiger partial charge in [-0.05, 0) is 32.6 Å². The first kappa shape index (κ1) is 15.7. The Balaban J connectivity index is 2.27. The van der Waals surface area contributed by atoms with Crippen LogP contribution in [0.3, 0.4) is 0 Å². The summed E-state index contributed by atoms with van der Waals surface area (Å²) in [7, 11) is 0. The van der Waals surface area contributed by atoms with Gasteiger partial charge in [-0.25, -0.2) is 0 Å². The predicted molar refractivity (Wildman–Crippen MR) is 77.8 cm³/mol. The molecule has 1 aliphatic rings. The van der Waals surface area contributed by atoms with Crippen LogP contribution in [-0.4, -0.2) is 59.8 Å². The third-order valence-corrected chi connectivity index (χ3v) is 4.20. The molecule has 0 amide bonds. The minimum absolute atomic E-state index is 0.297. The fourth-order valence-electron chi connectivity index (χ4n) is 2.79. The zero-order chi connectivity index (χ0) is 13.4. The molecule has 0 bridgehead atoms. The normalized spacial score (nSPS) is 21.7. The molecular weight excluding hydrogens is 224 g/mol. The van der Waals surface area contributed by atoms with Crippen molar-refractivity contribution in [2.45, 2.75) is 51.6 Å². The van der Waals surface area contributed by atoms with Gasteiger partial charge in [-0.3, -0.25) is 9.80 Å². The summed E-state index contributed by atoms with van der Waals surface area (Å²) in [6.07, 6.45) is 6.71. The van der Waals surface area contributed by atoms with Crippen LogP contribution in [0.1, 0.15) is 39.5 Å². The summed E-state index contributed by atoms with van der Waals surface area (Å²) < 4.78 is 0. The van der Waals surface area contributed by atoms with Gasteiger partial charge in [0.1, 0.15) is 0 Å². The summed E-state index contributed by atoms with van der Waals surface area (Å²) in [5, 5.41) is 9.33. The molecule has 1 saturated heterocycles. The molecule has 0 aromatic heterocycles. The van der Waals surface area contributed by atoms with Gasteiger partial charge in [-0.1, -0.05) is 13.0 Å². The molecule has 1 N–H and O–H groups in total. The lowest BCUT2D eigenvalue weighted by atomic mass is 10.1. The quantitative estimate of drug-likeness (QED) is 0.531. The van der Waals surface area contributed by atoms with E-state index in [9.17, 15) is 5.11 Å². The van der Waals surface area contributed by atoms with Gasteiger partial charge in [0, 0.05) is 38.3 Å². The Morgan fingerprint density at radius 1 is 1.22 bits per heavy atom. The number of unbranched alkanes of at least 4 members (excludes halogenated alkanes) is 1. The largest absolute Gasteiger partial charge is 0.395 e. The Kier molecular flexibility index (Phi) is 7.56. The smallest absolute Gasteiger partial charge is 0.0586 e. The maximum absolute atomic E-state index is 9.33. The van der Waals surface area contributed by atoms with E-state index in [2.05, 4.69) is 30.2 Å². The molecule has 1 fully saturated rings. The van der Waals surface area contributed by atoms with Crippen LogP contribution in [0.5, 0.6) is 0 Å². The van der Waals surface area contributed by atoms with Crippen LogP contribution >= 0.6 is 0 Å². The first-order valence-electron chi connectivity index (χ1n) is 7.42. The van der Waals surface area contributed by atoms with Crippen LogP contribution in [0.25, 0.3) is 0 Å². The fraction of sp³-hybridized carbons (Fsp3) is 0.867. The van der Waals surface area contributed by atoms with E-state index < -0.39 is 0 Å².